The molecule has 128 valence electrons. The van der Waals surface area contributed by atoms with Gasteiger partial charge in [0.2, 0.25) is 5.91 Å². The van der Waals surface area contributed by atoms with Crippen molar-refractivity contribution < 1.29 is 6.22 Å². The van der Waals surface area contributed by atoms with Crippen LogP contribution in [0.15, 0.2) is 54.6 Å². The summed E-state index contributed by atoms with van der Waals surface area (Å²) in [7, 11) is 0. The first-order chi connectivity index (χ1) is 11.7. The topological polar surface area (TPSA) is 52.9 Å². The van der Waals surface area contributed by atoms with Gasteiger partial charge in [-0.3, -0.25) is 4.79 Å². The van der Waals surface area contributed by atoms with Crippen LogP contribution in [0.1, 0.15) is 45.7 Å². The Morgan fingerprint density at radius 2 is 1.54 bits per heavy atom. The van der Waals surface area contributed by atoms with Crippen molar-refractivity contribution in [1.29, 1.82) is 5.26 Å². The number of carbonyl (C=O) groups is 1. The Bertz CT molecular complexity index is 633. The molecule has 2 rings (SSSR count). The molecule has 0 saturated heterocycles. The first kappa shape index (κ1) is 19.4. The highest BCUT2D eigenvalue weighted by molar-refractivity contribution is 5.91. The highest BCUT2D eigenvalue weighted by Crippen LogP contribution is 2.13. The standard InChI is InChI=1S/C18H18N2O.C3H8.H2/c19-14-13-18(21)20-17-11-9-16(10-12-17)8-4-7-15-5-2-1-3-6-15;1-3-2;/h1-3,5-6,9-12H,4,7-8,13H2,(H,20,21);3H2,1-2H3;1H. The van der Waals surface area contributed by atoms with E-state index in [9.17, 15) is 4.79 Å². The van der Waals surface area contributed by atoms with E-state index in [0.717, 1.165) is 24.9 Å². The van der Waals surface area contributed by atoms with Gasteiger partial charge in [-0.2, -0.15) is 5.26 Å². The maximum absolute atomic E-state index is 11.3. The predicted octanol–water partition coefficient (Wildman–Crippen LogP) is 5.38. The van der Waals surface area contributed by atoms with E-state index in [2.05, 4.69) is 43.4 Å². The molecule has 0 bridgehead atoms. The second-order valence-corrected chi connectivity index (χ2v) is 5.63. The van der Waals surface area contributed by atoms with Crippen molar-refractivity contribution >= 4 is 11.6 Å². The molecule has 3 nitrogen and oxygen atoms in total. The van der Waals surface area contributed by atoms with Gasteiger partial charge in [-0.25, -0.2) is 0 Å². The number of nitriles is 1. The Morgan fingerprint density at radius 1 is 1.00 bits per heavy atom. The lowest BCUT2D eigenvalue weighted by Crippen LogP contribution is -2.09. The largest absolute Gasteiger partial charge is 0.325 e. The minimum atomic E-state index is -0.269. The molecule has 1 N–H and O–H groups in total. The Balaban J connectivity index is 0.00000134. The van der Waals surface area contributed by atoms with Crippen LogP contribution in [0.25, 0.3) is 0 Å². The van der Waals surface area contributed by atoms with Crippen LogP contribution in [-0.2, 0) is 17.6 Å². The van der Waals surface area contributed by atoms with Crippen molar-refractivity contribution in [1.82, 2.24) is 0 Å². The maximum Gasteiger partial charge on any atom is 0.238 e. The molecule has 2 aromatic rings. The molecule has 1 amide bonds. The summed E-state index contributed by atoms with van der Waals surface area (Å²) in [5, 5.41) is 11.1. The molecular weight excluding hydrogens is 296 g/mol. The average molecular weight is 324 g/mol. The second-order valence-electron chi connectivity index (χ2n) is 5.63. The minimum absolute atomic E-state index is 0. The first-order valence-electron chi connectivity index (χ1n) is 8.49. The molecule has 0 aromatic heterocycles. The van der Waals surface area contributed by atoms with Gasteiger partial charge < -0.3 is 5.32 Å². The average Bonchev–Trinajstić information content (AvgIpc) is 2.58. The van der Waals surface area contributed by atoms with Crippen molar-refractivity contribution in [3.05, 3.63) is 65.7 Å². The Hall–Kier alpha value is -2.60. The summed E-state index contributed by atoms with van der Waals surface area (Å²) < 4.78 is 0. The molecule has 24 heavy (non-hydrogen) atoms. The van der Waals surface area contributed by atoms with Crippen molar-refractivity contribution in [2.75, 3.05) is 5.32 Å². The zero-order chi connectivity index (χ0) is 17.6. The fraction of sp³-hybridized carbons (Fsp3) is 0.333. The van der Waals surface area contributed by atoms with E-state index in [0.29, 0.717) is 0 Å². The number of nitrogens with zero attached hydrogens (tertiary/aromatic N) is 1. The maximum atomic E-state index is 11.3. The number of aryl methyl sites for hydroxylation is 2. The molecule has 3 heteroatoms. The van der Waals surface area contributed by atoms with Crippen molar-refractivity contribution in [3.8, 4) is 6.07 Å². The lowest BCUT2D eigenvalue weighted by molar-refractivity contribution is -0.115. The molecule has 0 aliphatic rings. The quantitative estimate of drug-likeness (QED) is 0.776. The van der Waals surface area contributed by atoms with E-state index in [1.165, 1.54) is 17.5 Å². The highest BCUT2D eigenvalue weighted by atomic mass is 16.1. The van der Waals surface area contributed by atoms with Crippen LogP contribution < -0.4 is 5.32 Å². The van der Waals surface area contributed by atoms with Gasteiger partial charge in [-0.1, -0.05) is 62.7 Å². The highest BCUT2D eigenvalue weighted by Gasteiger charge is 2.01. The molecule has 0 spiro atoms. The summed E-state index contributed by atoms with van der Waals surface area (Å²) in [5.74, 6) is -0.269. The van der Waals surface area contributed by atoms with E-state index < -0.39 is 0 Å². The fourth-order valence-corrected chi connectivity index (χ4v) is 2.17. The fourth-order valence-electron chi connectivity index (χ4n) is 2.17. The molecule has 0 atom stereocenters. The third-order valence-corrected chi connectivity index (χ3v) is 3.25. The molecule has 0 fully saturated rings. The normalized spacial score (nSPS) is 9.38. The number of hydrogen-bond acceptors (Lipinski definition) is 2. The molecule has 0 unspecified atom stereocenters. The van der Waals surface area contributed by atoms with Gasteiger partial charge in [0.25, 0.3) is 0 Å². The second kappa shape index (κ2) is 11.9. The van der Waals surface area contributed by atoms with Crippen LogP contribution in [0.5, 0.6) is 0 Å². The minimum Gasteiger partial charge on any atom is -0.325 e. The van der Waals surface area contributed by atoms with Gasteiger partial charge in [-0.15, -0.1) is 0 Å². The molecular formula is C21H28N2O. The van der Waals surface area contributed by atoms with Crippen molar-refractivity contribution in [3.63, 3.8) is 0 Å². The van der Waals surface area contributed by atoms with Crippen LogP contribution in [0.4, 0.5) is 5.69 Å². The van der Waals surface area contributed by atoms with Crippen LogP contribution >= 0.6 is 0 Å². The monoisotopic (exact) mass is 324 g/mol. The zero-order valence-corrected chi connectivity index (χ0v) is 14.6. The number of amides is 1. The van der Waals surface area contributed by atoms with Gasteiger partial charge in [-0.05, 0) is 42.5 Å². The zero-order valence-electron chi connectivity index (χ0n) is 14.6. The van der Waals surface area contributed by atoms with Crippen LogP contribution in [0.3, 0.4) is 0 Å². The van der Waals surface area contributed by atoms with E-state index in [1.807, 2.05) is 36.4 Å². The van der Waals surface area contributed by atoms with Gasteiger partial charge in [0, 0.05) is 7.11 Å². The van der Waals surface area contributed by atoms with Gasteiger partial charge in [0.15, 0.2) is 0 Å². The number of carbonyl (C=O) groups excluding carboxylic acids is 1. The van der Waals surface area contributed by atoms with Gasteiger partial charge >= 0.3 is 0 Å². The summed E-state index contributed by atoms with van der Waals surface area (Å²) >= 11 is 0. The number of anilines is 1. The number of hydrogen-bond donors (Lipinski definition) is 1. The third kappa shape index (κ3) is 8.14. The molecule has 0 aliphatic heterocycles. The molecule has 2 aromatic carbocycles. The smallest absolute Gasteiger partial charge is 0.238 e. The summed E-state index contributed by atoms with van der Waals surface area (Å²) in [6, 6.07) is 20.1. The SMILES string of the molecule is CCC.N#CCC(=O)Nc1ccc(CCCc2ccccc2)cc1.[HH]. The molecule has 0 radical (unpaired) electrons. The number of rotatable bonds is 6. The predicted molar refractivity (Wildman–Crippen MR) is 102 cm³/mol. The molecule has 0 heterocycles. The summed E-state index contributed by atoms with van der Waals surface area (Å²) in [6.07, 6.45) is 4.33. The lowest BCUT2D eigenvalue weighted by atomic mass is 10.0. The number of nitrogens with one attached hydrogen (secondary N) is 1. The van der Waals surface area contributed by atoms with Gasteiger partial charge in [0.05, 0.1) is 6.07 Å². The summed E-state index contributed by atoms with van der Waals surface area (Å²) in [6.45, 7) is 4.25. The van der Waals surface area contributed by atoms with Crippen molar-refractivity contribution in [2.45, 2.75) is 46.0 Å². The number of benzene rings is 2. The van der Waals surface area contributed by atoms with Gasteiger partial charge in [0.1, 0.15) is 6.42 Å². The van der Waals surface area contributed by atoms with E-state index in [4.69, 9.17) is 5.26 Å². The Labute approximate surface area is 146 Å². The Kier molecular flexibility index (Phi) is 9.64. The first-order valence-corrected chi connectivity index (χ1v) is 8.49. The van der Waals surface area contributed by atoms with Crippen LogP contribution in [-0.4, -0.2) is 5.91 Å². The molecule has 0 saturated carbocycles. The summed E-state index contributed by atoms with van der Waals surface area (Å²) in [5.41, 5.74) is 3.35. The van der Waals surface area contributed by atoms with Crippen LogP contribution in [0.2, 0.25) is 0 Å². The van der Waals surface area contributed by atoms with E-state index in [1.54, 1.807) is 0 Å². The lowest BCUT2D eigenvalue weighted by Gasteiger charge is -2.05. The van der Waals surface area contributed by atoms with Crippen molar-refractivity contribution in [2.24, 2.45) is 0 Å². The third-order valence-electron chi connectivity index (χ3n) is 3.25. The van der Waals surface area contributed by atoms with E-state index in [-0.39, 0.29) is 13.8 Å². The van der Waals surface area contributed by atoms with Crippen LogP contribution in [0, 0.1) is 11.3 Å². The van der Waals surface area contributed by atoms with E-state index >= 15 is 0 Å². The molecule has 0 aliphatic carbocycles. The summed E-state index contributed by atoms with van der Waals surface area (Å²) in [4.78, 5) is 11.3. The Morgan fingerprint density at radius 3 is 2.08 bits per heavy atom.